The summed E-state index contributed by atoms with van der Waals surface area (Å²) >= 11 is 0. The standard InChI is InChI=1S/C32H36N6O5S/c1-41-30-15-21(2-4-28(30)38-10-8-37(9-11-38)24-18-42-19-24)27-16-26-31(34-20-35-32(26)36-27)22-3-5-29(23(14-22)17-33)43-25-6-12-44(39,40)13-7-25/h2-5,14-16,20,24-25,39-40H,6-13,18-19H2,1H3,(H,34,35,36). The number of ether oxygens (including phenoxy) is 3. The molecular weight excluding hydrogens is 580 g/mol. The van der Waals surface area contributed by atoms with Gasteiger partial charge in [0.25, 0.3) is 0 Å². The fourth-order valence-corrected chi connectivity index (χ4v) is 7.73. The number of benzene rings is 2. The number of nitriles is 1. The van der Waals surface area contributed by atoms with Gasteiger partial charge in [-0.05, 0) is 36.4 Å². The van der Waals surface area contributed by atoms with Crippen molar-refractivity contribution in [2.24, 2.45) is 0 Å². The van der Waals surface area contributed by atoms with E-state index in [2.05, 4.69) is 49.0 Å². The first-order valence-electron chi connectivity index (χ1n) is 14.9. The van der Waals surface area contributed by atoms with Crippen LogP contribution in [0.15, 0.2) is 48.8 Å². The zero-order valence-electron chi connectivity index (χ0n) is 24.6. The Balaban J connectivity index is 1.12. The van der Waals surface area contributed by atoms with Gasteiger partial charge in [0.1, 0.15) is 35.6 Å². The second-order valence-electron chi connectivity index (χ2n) is 11.6. The molecule has 3 saturated heterocycles. The number of methoxy groups -OCH3 is 1. The summed E-state index contributed by atoms with van der Waals surface area (Å²) in [5.74, 6) is 1.97. The highest BCUT2D eigenvalue weighted by Crippen LogP contribution is 2.45. The van der Waals surface area contributed by atoms with Crippen LogP contribution in [0.1, 0.15) is 18.4 Å². The molecule has 0 bridgehead atoms. The summed E-state index contributed by atoms with van der Waals surface area (Å²) in [5, 5.41) is 10.8. The van der Waals surface area contributed by atoms with Gasteiger partial charge in [-0.15, -0.1) is 0 Å². The molecule has 0 atom stereocenters. The van der Waals surface area contributed by atoms with Gasteiger partial charge >= 0.3 is 0 Å². The molecule has 0 amide bonds. The predicted molar refractivity (Wildman–Crippen MR) is 171 cm³/mol. The van der Waals surface area contributed by atoms with Crippen LogP contribution in [-0.2, 0) is 4.74 Å². The minimum Gasteiger partial charge on any atom is -0.495 e. The first-order chi connectivity index (χ1) is 21.4. The quantitative estimate of drug-likeness (QED) is 0.260. The van der Waals surface area contributed by atoms with E-state index in [0.717, 1.165) is 73.0 Å². The van der Waals surface area contributed by atoms with Crippen molar-refractivity contribution in [1.82, 2.24) is 19.9 Å². The summed E-state index contributed by atoms with van der Waals surface area (Å²) in [7, 11) is -0.787. The van der Waals surface area contributed by atoms with Crippen LogP contribution in [0.4, 0.5) is 5.69 Å². The Kier molecular flexibility index (Phi) is 7.82. The first kappa shape index (κ1) is 28.9. The van der Waals surface area contributed by atoms with Gasteiger partial charge in [-0.25, -0.2) is 9.97 Å². The van der Waals surface area contributed by atoms with E-state index in [1.807, 2.05) is 12.1 Å². The lowest BCUT2D eigenvalue weighted by atomic mass is 10.0. The molecule has 44 heavy (non-hydrogen) atoms. The fraction of sp³-hybridized carbons (Fsp3) is 0.406. The number of nitrogens with one attached hydrogen (secondary N) is 1. The maximum atomic E-state index is 9.92. The molecule has 2 aromatic heterocycles. The maximum Gasteiger partial charge on any atom is 0.142 e. The maximum absolute atomic E-state index is 9.92. The van der Waals surface area contributed by atoms with Crippen molar-refractivity contribution in [1.29, 1.82) is 5.26 Å². The topological polar surface area (TPSA) is 140 Å². The molecule has 3 aliphatic rings. The van der Waals surface area contributed by atoms with E-state index >= 15 is 0 Å². The Labute approximate surface area is 257 Å². The smallest absolute Gasteiger partial charge is 0.142 e. The first-order valence-corrected chi connectivity index (χ1v) is 16.8. The Morgan fingerprint density at radius 3 is 2.45 bits per heavy atom. The molecule has 2 aromatic carbocycles. The molecule has 0 radical (unpaired) electrons. The molecule has 0 spiro atoms. The van der Waals surface area contributed by atoms with Crippen molar-refractivity contribution >= 4 is 27.3 Å². The highest BCUT2D eigenvalue weighted by atomic mass is 32.3. The van der Waals surface area contributed by atoms with Gasteiger partial charge in [0, 0.05) is 72.7 Å². The second kappa shape index (κ2) is 11.9. The van der Waals surface area contributed by atoms with Crippen LogP contribution in [0.5, 0.6) is 11.5 Å². The van der Waals surface area contributed by atoms with E-state index in [9.17, 15) is 14.4 Å². The van der Waals surface area contributed by atoms with E-state index in [1.165, 1.54) is 6.33 Å². The molecule has 4 aromatic rings. The van der Waals surface area contributed by atoms with E-state index in [0.29, 0.717) is 53.0 Å². The summed E-state index contributed by atoms with van der Waals surface area (Å²) in [6, 6.07) is 16.6. The largest absolute Gasteiger partial charge is 0.495 e. The predicted octanol–water partition coefficient (Wildman–Crippen LogP) is 4.98. The number of aromatic nitrogens is 3. The lowest BCUT2D eigenvalue weighted by Crippen LogP contribution is -2.56. The van der Waals surface area contributed by atoms with Crippen LogP contribution in [0.3, 0.4) is 0 Å². The number of hydrogen-bond acceptors (Lipinski definition) is 10. The second-order valence-corrected chi connectivity index (χ2v) is 14.0. The zero-order valence-corrected chi connectivity index (χ0v) is 25.4. The lowest BCUT2D eigenvalue weighted by Gasteiger charge is -2.43. The summed E-state index contributed by atoms with van der Waals surface area (Å²) in [6.45, 7) is 5.59. The van der Waals surface area contributed by atoms with E-state index in [1.54, 1.807) is 19.2 Å². The molecule has 3 fully saturated rings. The number of hydrogen-bond donors (Lipinski definition) is 3. The van der Waals surface area contributed by atoms with Gasteiger partial charge in [-0.1, -0.05) is 6.07 Å². The normalized spacial score (nSPS) is 20.2. The molecule has 11 nitrogen and oxygen atoms in total. The number of piperazine rings is 1. The highest BCUT2D eigenvalue weighted by Gasteiger charge is 2.30. The number of rotatable bonds is 7. The Hall–Kier alpha value is -3.86. The Bertz CT molecular complexity index is 1700. The number of fused-ring (bicyclic) bond motifs is 1. The van der Waals surface area contributed by atoms with Gasteiger partial charge in [-0.2, -0.15) is 15.9 Å². The third kappa shape index (κ3) is 5.69. The van der Waals surface area contributed by atoms with Crippen molar-refractivity contribution < 1.29 is 23.3 Å². The highest BCUT2D eigenvalue weighted by molar-refractivity contribution is 8.24. The zero-order chi connectivity index (χ0) is 30.3. The third-order valence-corrected chi connectivity index (χ3v) is 10.7. The minimum atomic E-state index is -2.50. The van der Waals surface area contributed by atoms with Crippen molar-refractivity contribution in [3.05, 3.63) is 54.4 Å². The van der Waals surface area contributed by atoms with Crippen molar-refractivity contribution in [2.45, 2.75) is 25.0 Å². The molecule has 230 valence electrons. The third-order valence-electron chi connectivity index (χ3n) is 8.91. The molecular formula is C32H36N6O5S. The average molecular weight is 617 g/mol. The molecule has 5 heterocycles. The molecule has 3 aliphatic heterocycles. The Morgan fingerprint density at radius 1 is 0.977 bits per heavy atom. The summed E-state index contributed by atoms with van der Waals surface area (Å²) < 4.78 is 37.2. The minimum absolute atomic E-state index is 0.152. The van der Waals surface area contributed by atoms with Crippen molar-refractivity contribution in [3.63, 3.8) is 0 Å². The molecule has 3 N–H and O–H groups in total. The van der Waals surface area contributed by atoms with Crippen LogP contribution >= 0.6 is 10.6 Å². The monoisotopic (exact) mass is 616 g/mol. The lowest BCUT2D eigenvalue weighted by molar-refractivity contribution is -0.0660. The summed E-state index contributed by atoms with van der Waals surface area (Å²) in [5.41, 5.74) is 5.56. The van der Waals surface area contributed by atoms with Crippen molar-refractivity contribution in [2.75, 3.05) is 62.9 Å². The number of anilines is 1. The summed E-state index contributed by atoms with van der Waals surface area (Å²) in [6.07, 6.45) is 2.47. The van der Waals surface area contributed by atoms with Crippen LogP contribution in [0.2, 0.25) is 0 Å². The Morgan fingerprint density at radius 2 is 1.75 bits per heavy atom. The van der Waals surface area contributed by atoms with Gasteiger partial charge in [0.15, 0.2) is 0 Å². The molecule has 0 aliphatic carbocycles. The van der Waals surface area contributed by atoms with Gasteiger partial charge in [-0.3, -0.25) is 14.0 Å². The van der Waals surface area contributed by atoms with E-state index in [4.69, 9.17) is 14.2 Å². The SMILES string of the molecule is COc1cc(-c2cc3c(-c4ccc(OC5CCS(O)(O)CC5)c(C#N)c4)ncnc3[nH]2)ccc1N1CCN(C2COC2)CC1. The van der Waals surface area contributed by atoms with Crippen molar-refractivity contribution in [3.8, 4) is 40.1 Å². The average Bonchev–Trinajstić information content (AvgIpc) is 3.46. The fourth-order valence-electron chi connectivity index (χ4n) is 6.25. The van der Waals surface area contributed by atoms with Crippen LogP contribution in [-0.4, -0.2) is 99.1 Å². The van der Waals surface area contributed by atoms with E-state index in [-0.39, 0.29) is 6.10 Å². The number of H-pyrrole nitrogens is 1. The molecule has 7 rings (SSSR count). The van der Waals surface area contributed by atoms with Crippen LogP contribution in [0, 0.1) is 11.3 Å². The van der Waals surface area contributed by atoms with Crippen LogP contribution < -0.4 is 14.4 Å². The van der Waals surface area contributed by atoms with E-state index < -0.39 is 10.6 Å². The molecule has 0 unspecified atom stereocenters. The van der Waals surface area contributed by atoms with Crippen LogP contribution in [0.25, 0.3) is 33.5 Å². The van der Waals surface area contributed by atoms with Gasteiger partial charge < -0.3 is 24.1 Å². The number of nitrogens with zero attached hydrogens (tertiary/aromatic N) is 5. The van der Waals surface area contributed by atoms with Gasteiger partial charge in [0.05, 0.1) is 43.3 Å². The van der Waals surface area contributed by atoms with Gasteiger partial charge in [0.2, 0.25) is 0 Å². The molecule has 12 heteroatoms. The summed E-state index contributed by atoms with van der Waals surface area (Å²) in [4.78, 5) is 17.4. The number of aromatic amines is 1. The molecule has 0 saturated carbocycles.